The van der Waals surface area contributed by atoms with Crippen LogP contribution >= 0.6 is 7.60 Å². The second-order valence-electron chi connectivity index (χ2n) is 9.00. The van der Waals surface area contributed by atoms with Crippen LogP contribution in [0, 0.1) is 0 Å². The third kappa shape index (κ3) is 7.45. The number of benzene rings is 1. The van der Waals surface area contributed by atoms with Gasteiger partial charge in [-0.05, 0) is 43.4 Å². The highest BCUT2D eigenvalue weighted by atomic mass is 31.2. The second-order valence-corrected chi connectivity index (χ2v) is 10.9. The molecule has 37 heavy (non-hydrogen) atoms. The van der Waals surface area contributed by atoms with Crippen molar-refractivity contribution >= 4 is 25.6 Å². The lowest BCUT2D eigenvalue weighted by Gasteiger charge is -2.27. The first kappa shape index (κ1) is 26.9. The summed E-state index contributed by atoms with van der Waals surface area (Å²) in [5.74, 6) is -1.55. The zero-order valence-corrected chi connectivity index (χ0v) is 21.5. The lowest BCUT2D eigenvalue weighted by atomic mass is 10.0. The smallest absolute Gasteiger partial charge is 0.375 e. The fourth-order valence-corrected chi connectivity index (χ4v) is 5.25. The molecule has 0 radical (unpaired) electrons. The zero-order valence-electron chi connectivity index (χ0n) is 20.6. The van der Waals surface area contributed by atoms with E-state index in [1.807, 2.05) is 36.4 Å². The van der Waals surface area contributed by atoms with E-state index in [0.717, 1.165) is 24.0 Å². The van der Waals surface area contributed by atoms with Crippen molar-refractivity contribution in [1.82, 2.24) is 20.5 Å². The summed E-state index contributed by atoms with van der Waals surface area (Å²) in [7, 11) is -4.27. The van der Waals surface area contributed by atoms with Crippen molar-refractivity contribution in [2.75, 3.05) is 38.9 Å². The molecule has 3 N–H and O–H groups in total. The molecule has 4 rings (SSSR count). The van der Waals surface area contributed by atoms with Gasteiger partial charge in [-0.3, -0.25) is 9.36 Å². The number of nitrogens with one attached hydrogen (secondary N) is 2. The minimum atomic E-state index is -4.27. The van der Waals surface area contributed by atoms with Crippen molar-refractivity contribution in [3.8, 4) is 11.3 Å². The van der Waals surface area contributed by atoms with E-state index in [4.69, 9.17) is 9.26 Å². The summed E-state index contributed by atoms with van der Waals surface area (Å²) in [4.78, 5) is 54.6. The third-order valence-electron chi connectivity index (χ3n) is 6.10. The van der Waals surface area contributed by atoms with E-state index < -0.39 is 37.8 Å². The minimum Gasteiger partial charge on any atom is -0.375 e. The predicted molar refractivity (Wildman–Crippen MR) is 135 cm³/mol. The Morgan fingerprint density at radius 2 is 1.89 bits per heavy atom. The summed E-state index contributed by atoms with van der Waals surface area (Å²) in [6, 6.07) is 11.4. The van der Waals surface area contributed by atoms with E-state index in [1.165, 1.54) is 11.8 Å². The minimum absolute atomic E-state index is 0.0543. The Kier molecular flexibility index (Phi) is 8.71. The van der Waals surface area contributed by atoms with E-state index >= 15 is 0 Å². The maximum absolute atomic E-state index is 13.3. The van der Waals surface area contributed by atoms with Crippen LogP contribution in [0.25, 0.3) is 11.3 Å². The number of ether oxygens (including phenoxy) is 1. The van der Waals surface area contributed by atoms with Gasteiger partial charge in [-0.1, -0.05) is 30.3 Å². The van der Waals surface area contributed by atoms with Crippen molar-refractivity contribution in [3.63, 3.8) is 0 Å². The number of carbonyl (C=O) groups excluding carboxylic acids is 3. The van der Waals surface area contributed by atoms with Crippen molar-refractivity contribution < 1.29 is 33.1 Å². The first-order valence-electron chi connectivity index (χ1n) is 12.3. The Morgan fingerprint density at radius 3 is 2.54 bits per heavy atom. The molecule has 2 atom stereocenters. The SMILES string of the molecule is CCOP(=O)(O)CC(NC(=O)c1cc(C2CC2)cc(-c2ccccc2)n1)C(=O)OC(=O)N1CCNCC1. The number of aromatic nitrogens is 1. The summed E-state index contributed by atoms with van der Waals surface area (Å²) in [6.45, 7) is 3.25. The normalized spacial score (nSPS) is 17.9. The molecule has 2 fully saturated rings. The maximum Gasteiger partial charge on any atom is 0.417 e. The molecule has 2 aromatic rings. The Morgan fingerprint density at radius 1 is 1.19 bits per heavy atom. The highest BCUT2D eigenvalue weighted by molar-refractivity contribution is 7.52. The average Bonchev–Trinajstić information content (AvgIpc) is 3.74. The van der Waals surface area contributed by atoms with Gasteiger partial charge in [0.05, 0.1) is 18.5 Å². The quantitative estimate of drug-likeness (QED) is 0.253. The first-order chi connectivity index (χ1) is 17.8. The fourth-order valence-electron chi connectivity index (χ4n) is 4.04. The van der Waals surface area contributed by atoms with Crippen LogP contribution in [-0.2, 0) is 18.6 Å². The molecule has 11 nitrogen and oxygen atoms in total. The van der Waals surface area contributed by atoms with Crippen LogP contribution in [0.5, 0.6) is 0 Å². The molecule has 2 aliphatic rings. The molecule has 1 aliphatic heterocycles. The highest BCUT2D eigenvalue weighted by Gasteiger charge is 2.35. The van der Waals surface area contributed by atoms with Crippen molar-refractivity contribution in [2.24, 2.45) is 0 Å². The van der Waals surface area contributed by atoms with Crippen molar-refractivity contribution in [3.05, 3.63) is 53.7 Å². The molecule has 1 saturated heterocycles. The van der Waals surface area contributed by atoms with Gasteiger partial charge in [0.15, 0.2) is 0 Å². The van der Waals surface area contributed by atoms with Crippen LogP contribution in [0.3, 0.4) is 0 Å². The first-order valence-corrected chi connectivity index (χ1v) is 14.1. The Labute approximate surface area is 215 Å². The fraction of sp³-hybridized carbons (Fsp3) is 0.440. The lowest BCUT2D eigenvalue weighted by Crippen LogP contribution is -2.50. The molecule has 0 spiro atoms. The average molecular weight is 531 g/mol. The lowest BCUT2D eigenvalue weighted by molar-refractivity contribution is -0.140. The number of hydrogen-bond acceptors (Lipinski definition) is 8. The molecule has 2 unspecified atom stereocenters. The van der Waals surface area contributed by atoms with Crippen LogP contribution in [0.4, 0.5) is 4.79 Å². The summed E-state index contributed by atoms with van der Waals surface area (Å²) in [5.41, 5.74) is 2.44. The predicted octanol–water partition coefficient (Wildman–Crippen LogP) is 2.51. The van der Waals surface area contributed by atoms with Gasteiger partial charge in [-0.25, -0.2) is 14.6 Å². The molecular weight excluding hydrogens is 499 g/mol. The van der Waals surface area contributed by atoms with E-state index in [-0.39, 0.29) is 12.3 Å². The van der Waals surface area contributed by atoms with Crippen LogP contribution in [0.15, 0.2) is 42.5 Å². The van der Waals surface area contributed by atoms with Crippen LogP contribution in [-0.4, -0.2) is 77.7 Å². The molecule has 1 aromatic heterocycles. The van der Waals surface area contributed by atoms with Gasteiger partial charge in [0.1, 0.15) is 11.7 Å². The van der Waals surface area contributed by atoms with E-state index in [2.05, 4.69) is 15.6 Å². The molecule has 2 heterocycles. The molecule has 1 saturated carbocycles. The highest BCUT2D eigenvalue weighted by Crippen LogP contribution is 2.43. The summed E-state index contributed by atoms with van der Waals surface area (Å²) < 4.78 is 22.3. The standard InChI is InChI=1S/C25H31N4O7P/c1-2-35-37(33,34)16-22(24(31)36-25(32)29-12-10-26-11-13-29)28-23(30)21-15-19(17-8-9-17)14-20(27-21)18-6-4-3-5-7-18/h3-7,14-15,17,22,26H,2,8-13,16H2,1H3,(H,28,30)(H,33,34). The van der Waals surface area contributed by atoms with Gasteiger partial charge in [0.2, 0.25) is 0 Å². The Hall–Kier alpha value is -3.11. The van der Waals surface area contributed by atoms with E-state index in [9.17, 15) is 23.8 Å². The van der Waals surface area contributed by atoms with Gasteiger partial charge in [-0.2, -0.15) is 0 Å². The third-order valence-corrected chi connectivity index (χ3v) is 7.58. The zero-order chi connectivity index (χ0) is 26.4. The van der Waals surface area contributed by atoms with Gasteiger partial charge in [0.25, 0.3) is 5.91 Å². The maximum atomic E-state index is 13.3. The van der Waals surface area contributed by atoms with Gasteiger partial charge >= 0.3 is 19.7 Å². The second kappa shape index (κ2) is 12.0. The Bertz CT molecular complexity index is 1180. The molecule has 12 heteroatoms. The number of pyridine rings is 1. The van der Waals surface area contributed by atoms with E-state index in [0.29, 0.717) is 37.8 Å². The molecular formula is C25H31N4O7P. The number of rotatable bonds is 9. The molecule has 1 aromatic carbocycles. The number of carbonyl (C=O) groups is 3. The van der Waals surface area contributed by atoms with Gasteiger partial charge in [-0.15, -0.1) is 0 Å². The van der Waals surface area contributed by atoms with Crippen LogP contribution in [0.1, 0.15) is 41.7 Å². The topological polar surface area (TPSA) is 147 Å². The van der Waals surface area contributed by atoms with E-state index in [1.54, 1.807) is 6.07 Å². The molecule has 198 valence electrons. The van der Waals surface area contributed by atoms with Crippen LogP contribution < -0.4 is 10.6 Å². The number of esters is 1. The number of hydrogen-bond donors (Lipinski definition) is 3. The monoisotopic (exact) mass is 530 g/mol. The summed E-state index contributed by atoms with van der Waals surface area (Å²) in [5, 5.41) is 5.53. The molecule has 0 bridgehead atoms. The largest absolute Gasteiger partial charge is 0.417 e. The van der Waals surface area contributed by atoms with Gasteiger partial charge in [0, 0.05) is 31.7 Å². The molecule has 2 amide bonds. The van der Waals surface area contributed by atoms with Crippen molar-refractivity contribution in [2.45, 2.75) is 31.7 Å². The number of piperazine rings is 1. The van der Waals surface area contributed by atoms with Crippen molar-refractivity contribution in [1.29, 1.82) is 0 Å². The number of nitrogens with zero attached hydrogens (tertiary/aromatic N) is 2. The molecule has 1 aliphatic carbocycles. The van der Waals surface area contributed by atoms with Gasteiger partial charge < -0.3 is 29.7 Å². The summed E-state index contributed by atoms with van der Waals surface area (Å²) in [6.07, 6.45) is 0.373. The number of amides is 2. The summed E-state index contributed by atoms with van der Waals surface area (Å²) >= 11 is 0. The Balaban J connectivity index is 1.56. The van der Waals surface area contributed by atoms with Crippen LogP contribution in [0.2, 0.25) is 0 Å².